The molecule has 4 atom stereocenters. The van der Waals surface area contributed by atoms with E-state index in [1.807, 2.05) is 0 Å². The van der Waals surface area contributed by atoms with Crippen molar-refractivity contribution in [3.8, 4) is 0 Å². The van der Waals surface area contributed by atoms with E-state index in [0.29, 0.717) is 11.1 Å². The van der Waals surface area contributed by atoms with Crippen molar-refractivity contribution in [2.45, 2.75) is 40.8 Å². The molecule has 4 rings (SSSR count). The number of β-lactam (4-membered cyclic amide) rings is 1. The molecule has 3 unspecified atom stereocenters. The summed E-state index contributed by atoms with van der Waals surface area (Å²) in [5.74, 6) is -3.16. The first-order chi connectivity index (χ1) is 17.6. The summed E-state index contributed by atoms with van der Waals surface area (Å²) < 4.78 is 31.4. The molecule has 1 aromatic carbocycles. The minimum absolute atomic E-state index is 0.0204. The van der Waals surface area contributed by atoms with E-state index in [2.05, 4.69) is 25.9 Å². The number of carbonyl (C=O) groups excluding carboxylic acids is 2. The Kier molecular flexibility index (Phi) is 8.17. The number of aromatic amines is 1. The first kappa shape index (κ1) is 27.1. The highest BCUT2D eigenvalue weighted by Gasteiger charge is 2.55. The summed E-state index contributed by atoms with van der Waals surface area (Å²) in [4.78, 5) is 38.9. The average molecular weight is 571 g/mol. The van der Waals surface area contributed by atoms with E-state index in [1.54, 1.807) is 30.3 Å². The molecular formula is C20H22N6O8S3. The second kappa shape index (κ2) is 11.2. The van der Waals surface area contributed by atoms with Gasteiger partial charge in [-0.25, -0.2) is 9.89 Å². The van der Waals surface area contributed by atoms with Crippen molar-refractivity contribution in [2.24, 2.45) is 0 Å². The molecule has 5 N–H and O–H groups in total. The maximum absolute atomic E-state index is 13.0. The van der Waals surface area contributed by atoms with Crippen LogP contribution < -0.4 is 5.32 Å². The van der Waals surface area contributed by atoms with E-state index in [4.69, 9.17) is 4.55 Å². The summed E-state index contributed by atoms with van der Waals surface area (Å²) >= 11 is 2.30. The molecule has 0 radical (unpaired) electrons. The molecule has 3 heterocycles. The van der Waals surface area contributed by atoms with E-state index in [-0.39, 0.29) is 29.4 Å². The second-order valence-corrected chi connectivity index (χ2v) is 12.0. The summed E-state index contributed by atoms with van der Waals surface area (Å²) in [5.41, 5.74) is 0.438. The molecule has 1 saturated heterocycles. The number of aromatic nitrogens is 4. The average Bonchev–Trinajstić information content (AvgIpc) is 3.38. The molecule has 1 aromatic heterocycles. The van der Waals surface area contributed by atoms with Crippen LogP contribution in [0, 0.1) is 0 Å². The van der Waals surface area contributed by atoms with E-state index in [0.717, 1.165) is 16.7 Å². The predicted molar refractivity (Wildman–Crippen MR) is 131 cm³/mol. The van der Waals surface area contributed by atoms with Gasteiger partial charge in [-0.3, -0.25) is 19.0 Å². The third kappa shape index (κ3) is 6.12. The van der Waals surface area contributed by atoms with Gasteiger partial charge in [-0.2, -0.15) is 8.42 Å². The SMILES string of the molecule is O=C(O)C1=C(C(CCCS(=O)(=O)O)Sc2nnn[nH]2)CS[C@H]2C(NC(=O)C(O)c3ccccc3)C(=O)N12. The van der Waals surface area contributed by atoms with Gasteiger partial charge in [0.2, 0.25) is 5.16 Å². The number of aliphatic hydroxyl groups excluding tert-OH is 1. The van der Waals surface area contributed by atoms with Gasteiger partial charge in [0.1, 0.15) is 17.1 Å². The van der Waals surface area contributed by atoms with Gasteiger partial charge < -0.3 is 15.5 Å². The Morgan fingerprint density at radius 2 is 2.03 bits per heavy atom. The molecule has 2 aromatic rings. The third-order valence-corrected chi connectivity index (χ3v) is 9.01. The Hall–Kier alpha value is -2.99. The number of hydrogen-bond acceptors (Lipinski definition) is 11. The fourth-order valence-electron chi connectivity index (χ4n) is 4.00. The smallest absolute Gasteiger partial charge is 0.352 e. The van der Waals surface area contributed by atoms with E-state index >= 15 is 0 Å². The molecule has 0 aliphatic carbocycles. The summed E-state index contributed by atoms with van der Waals surface area (Å²) in [6, 6.07) is 7.14. The van der Waals surface area contributed by atoms with Crippen LogP contribution in [0.3, 0.4) is 0 Å². The Labute approximate surface area is 219 Å². The molecule has 0 bridgehead atoms. The fraction of sp³-hybridized carbons (Fsp3) is 0.400. The zero-order valence-electron chi connectivity index (χ0n) is 18.9. The Bertz CT molecular complexity index is 1300. The van der Waals surface area contributed by atoms with E-state index < -0.39 is 56.4 Å². The number of aliphatic hydroxyl groups is 1. The van der Waals surface area contributed by atoms with Crippen molar-refractivity contribution in [3.63, 3.8) is 0 Å². The zero-order chi connectivity index (χ0) is 26.7. The molecule has 37 heavy (non-hydrogen) atoms. The first-order valence-corrected chi connectivity index (χ1v) is 14.4. The maximum Gasteiger partial charge on any atom is 0.352 e. The topological polar surface area (TPSA) is 216 Å². The largest absolute Gasteiger partial charge is 0.477 e. The number of aliphatic carboxylic acids is 1. The number of nitrogens with one attached hydrogen (secondary N) is 2. The molecule has 0 spiro atoms. The van der Waals surface area contributed by atoms with Gasteiger partial charge in [0.15, 0.2) is 6.10 Å². The number of H-pyrrole nitrogens is 1. The number of rotatable bonds is 11. The number of benzene rings is 1. The Morgan fingerprint density at radius 1 is 1.30 bits per heavy atom. The molecule has 0 saturated carbocycles. The number of amides is 2. The van der Waals surface area contributed by atoms with Gasteiger partial charge in [-0.15, -0.1) is 16.9 Å². The Balaban J connectivity index is 1.54. The normalized spacial score (nSPS) is 21.1. The lowest BCUT2D eigenvalue weighted by atomic mass is 9.99. The molecule has 2 aliphatic rings. The fourth-order valence-corrected chi connectivity index (χ4v) is 7.13. The lowest BCUT2D eigenvalue weighted by Crippen LogP contribution is -2.71. The molecular weight excluding hydrogens is 548 g/mol. The predicted octanol–water partition coefficient (Wildman–Crippen LogP) is -0.199. The number of hydrogen-bond donors (Lipinski definition) is 5. The van der Waals surface area contributed by atoms with Crippen LogP contribution in [0.25, 0.3) is 0 Å². The minimum Gasteiger partial charge on any atom is -0.477 e. The standard InChI is InChI=1S/C20H22N6O8S3/c27-15(10-5-2-1-3-6-10)16(28)21-13-17(29)26-14(19(30)31)11(9-35-18(13)26)12(7-4-8-37(32,33)34)36-20-22-24-25-23-20/h1-3,5-6,12-13,15,18,27H,4,7-9H2,(H,21,28)(H,30,31)(H,32,33,34)(H,22,23,24,25)/t12?,13?,15?,18-/m0/s1. The highest BCUT2D eigenvalue weighted by atomic mass is 32.2. The number of tetrazole rings is 1. The quantitative estimate of drug-likeness (QED) is 0.135. The third-order valence-electron chi connectivity index (χ3n) is 5.70. The van der Waals surface area contributed by atoms with Crippen LogP contribution in [0.5, 0.6) is 0 Å². The molecule has 2 amide bonds. The van der Waals surface area contributed by atoms with Gasteiger partial charge in [0.05, 0.1) is 5.75 Å². The number of fused-ring (bicyclic) bond motifs is 1. The minimum atomic E-state index is -4.23. The monoisotopic (exact) mass is 570 g/mol. The van der Waals surface area contributed by atoms with Crippen molar-refractivity contribution in [3.05, 3.63) is 47.2 Å². The molecule has 198 valence electrons. The number of thioether (sulfide) groups is 2. The van der Waals surface area contributed by atoms with Gasteiger partial charge in [-0.05, 0) is 34.4 Å². The second-order valence-electron chi connectivity index (χ2n) is 8.13. The van der Waals surface area contributed by atoms with Crippen LogP contribution >= 0.6 is 23.5 Å². The van der Waals surface area contributed by atoms with Crippen LogP contribution in [-0.2, 0) is 24.5 Å². The van der Waals surface area contributed by atoms with Crippen LogP contribution in [0.1, 0.15) is 24.5 Å². The van der Waals surface area contributed by atoms with Gasteiger partial charge in [0.25, 0.3) is 21.9 Å². The number of carbonyl (C=O) groups is 3. The molecule has 2 aliphatic heterocycles. The zero-order valence-corrected chi connectivity index (χ0v) is 21.4. The van der Waals surface area contributed by atoms with Crippen LogP contribution in [0.4, 0.5) is 0 Å². The highest BCUT2D eigenvalue weighted by molar-refractivity contribution is 8.01. The lowest BCUT2D eigenvalue weighted by molar-refractivity contribution is -0.151. The summed E-state index contributed by atoms with van der Waals surface area (Å²) in [7, 11) is -4.23. The van der Waals surface area contributed by atoms with Crippen LogP contribution in [-0.4, -0.2) is 94.7 Å². The molecule has 1 fully saturated rings. The van der Waals surface area contributed by atoms with Gasteiger partial charge >= 0.3 is 5.97 Å². The Morgan fingerprint density at radius 3 is 2.65 bits per heavy atom. The summed E-state index contributed by atoms with van der Waals surface area (Å²) in [6.45, 7) is 0. The lowest BCUT2D eigenvalue weighted by Gasteiger charge is -2.50. The molecule has 17 heteroatoms. The summed E-state index contributed by atoms with van der Waals surface area (Å²) in [5, 5.41) is 35.0. The van der Waals surface area contributed by atoms with Crippen molar-refractivity contribution >= 4 is 51.4 Å². The van der Waals surface area contributed by atoms with Crippen molar-refractivity contribution in [2.75, 3.05) is 11.5 Å². The van der Waals surface area contributed by atoms with E-state index in [9.17, 15) is 33.0 Å². The van der Waals surface area contributed by atoms with Crippen molar-refractivity contribution < 1.29 is 37.6 Å². The van der Waals surface area contributed by atoms with Crippen molar-refractivity contribution in [1.29, 1.82) is 0 Å². The van der Waals surface area contributed by atoms with Gasteiger partial charge in [0, 0.05) is 11.0 Å². The van der Waals surface area contributed by atoms with E-state index in [1.165, 1.54) is 11.8 Å². The van der Waals surface area contributed by atoms with Gasteiger partial charge in [-0.1, -0.05) is 42.1 Å². The highest BCUT2D eigenvalue weighted by Crippen LogP contribution is 2.44. The molecule has 14 nitrogen and oxygen atoms in total. The number of nitrogens with zero attached hydrogens (tertiary/aromatic N) is 4. The van der Waals surface area contributed by atoms with Crippen LogP contribution in [0.15, 0.2) is 46.8 Å². The van der Waals surface area contributed by atoms with Crippen LogP contribution in [0.2, 0.25) is 0 Å². The van der Waals surface area contributed by atoms with Crippen molar-refractivity contribution in [1.82, 2.24) is 30.8 Å². The maximum atomic E-state index is 13.0. The first-order valence-electron chi connectivity index (χ1n) is 10.9. The number of carboxylic acids is 1. The number of carboxylic acid groups (broad SMARTS) is 1. The summed E-state index contributed by atoms with van der Waals surface area (Å²) in [6.07, 6.45) is -1.33.